The molecule has 6 heteroatoms. The number of methoxy groups -OCH3 is 1. The summed E-state index contributed by atoms with van der Waals surface area (Å²) in [5.74, 6) is -0.787. The molecule has 0 radical (unpaired) electrons. The number of alkyl halides is 2. The van der Waals surface area contributed by atoms with Gasteiger partial charge in [0.2, 0.25) is 0 Å². The molecule has 0 fully saturated rings. The van der Waals surface area contributed by atoms with E-state index in [-0.39, 0.29) is 0 Å². The Morgan fingerprint density at radius 2 is 1.46 bits per heavy atom. The number of rotatable bonds is 6. The first kappa shape index (κ1) is 17.5. The first-order valence-corrected chi connectivity index (χ1v) is 7.22. The molecular formula is C18H16F2N2O2. The summed E-state index contributed by atoms with van der Waals surface area (Å²) in [5.41, 5.74) is 1.28. The van der Waals surface area contributed by atoms with Crippen molar-refractivity contribution in [1.82, 2.24) is 0 Å². The van der Waals surface area contributed by atoms with Crippen LogP contribution in [-0.2, 0) is 9.53 Å². The molecule has 0 saturated carbocycles. The maximum absolute atomic E-state index is 13.0. The van der Waals surface area contributed by atoms with Gasteiger partial charge in [0, 0.05) is 11.1 Å². The second-order valence-corrected chi connectivity index (χ2v) is 4.83. The molecule has 0 saturated heterocycles. The Kier molecular flexibility index (Phi) is 6.31. The zero-order chi connectivity index (χ0) is 17.4. The highest BCUT2D eigenvalue weighted by atomic mass is 19.3. The van der Waals surface area contributed by atoms with E-state index in [2.05, 4.69) is 14.9 Å². The lowest BCUT2D eigenvalue weighted by molar-refractivity contribution is -0.139. The largest absolute Gasteiger partial charge is 0.469 e. The maximum atomic E-state index is 13.0. The van der Waals surface area contributed by atoms with Crippen molar-refractivity contribution >= 4 is 17.4 Å². The molecule has 124 valence electrons. The second kappa shape index (κ2) is 8.67. The Morgan fingerprint density at radius 3 is 1.88 bits per heavy atom. The minimum atomic E-state index is -2.89. The quantitative estimate of drug-likeness (QED) is 0.460. The third kappa shape index (κ3) is 4.81. The molecule has 2 rings (SSSR count). The summed E-state index contributed by atoms with van der Waals surface area (Å²) < 4.78 is 30.5. The van der Waals surface area contributed by atoms with Gasteiger partial charge in [-0.25, -0.2) is 8.78 Å². The number of hydrogen-bond donors (Lipinski definition) is 0. The van der Waals surface area contributed by atoms with E-state index in [1.54, 1.807) is 0 Å². The van der Waals surface area contributed by atoms with E-state index in [0.717, 1.165) is 18.2 Å². The maximum Gasteiger partial charge on any atom is 0.311 e. The van der Waals surface area contributed by atoms with Gasteiger partial charge in [-0.05, 0) is 0 Å². The molecule has 2 aromatic rings. The van der Waals surface area contributed by atoms with Gasteiger partial charge in [0.1, 0.15) is 11.4 Å². The van der Waals surface area contributed by atoms with Crippen molar-refractivity contribution in [2.75, 3.05) is 7.11 Å². The average molecular weight is 330 g/mol. The van der Waals surface area contributed by atoms with Crippen molar-refractivity contribution in [1.29, 1.82) is 0 Å². The fraction of sp³-hybridized carbons (Fsp3) is 0.167. The van der Waals surface area contributed by atoms with Crippen molar-refractivity contribution in [2.45, 2.75) is 12.8 Å². The fourth-order valence-electron chi connectivity index (χ4n) is 1.96. The topological polar surface area (TPSA) is 51.0 Å². The number of carbonyl (C=O) groups excluding carboxylic acids is 1. The zero-order valence-corrected chi connectivity index (χ0v) is 13.0. The molecule has 0 atom stereocenters. The molecule has 0 amide bonds. The van der Waals surface area contributed by atoms with Crippen LogP contribution in [0.5, 0.6) is 0 Å². The van der Waals surface area contributed by atoms with Crippen molar-refractivity contribution in [3.8, 4) is 0 Å². The molecule has 4 nitrogen and oxygen atoms in total. The standard InChI is InChI=1S/C18H16F2N2O2/c1-24-16(23)12-15(18(19)20)21-22-17(13-8-4-2-5-9-13)14-10-6-3-7-11-14/h2-11,18H,12H2,1H3/b21-15-. The molecule has 0 bridgehead atoms. The van der Waals surface area contributed by atoms with E-state index < -0.39 is 24.5 Å². The van der Waals surface area contributed by atoms with Crippen LogP contribution in [0.3, 0.4) is 0 Å². The van der Waals surface area contributed by atoms with Gasteiger partial charge < -0.3 is 4.74 Å². The first-order valence-electron chi connectivity index (χ1n) is 7.22. The van der Waals surface area contributed by atoms with Crippen LogP contribution in [0.25, 0.3) is 0 Å². The Morgan fingerprint density at radius 1 is 0.958 bits per heavy atom. The summed E-state index contributed by atoms with van der Waals surface area (Å²) in [7, 11) is 1.13. The third-order valence-corrected chi connectivity index (χ3v) is 3.18. The molecule has 0 spiro atoms. The van der Waals surface area contributed by atoms with Crippen molar-refractivity contribution in [3.63, 3.8) is 0 Å². The minimum absolute atomic E-state index is 0.444. The molecule has 0 N–H and O–H groups in total. The van der Waals surface area contributed by atoms with Crippen LogP contribution in [0, 0.1) is 0 Å². The van der Waals surface area contributed by atoms with Gasteiger partial charge in [-0.2, -0.15) is 5.10 Å². The van der Waals surface area contributed by atoms with Gasteiger partial charge in [-0.3, -0.25) is 4.79 Å². The van der Waals surface area contributed by atoms with Crippen molar-refractivity contribution < 1.29 is 18.3 Å². The summed E-state index contributed by atoms with van der Waals surface area (Å²) >= 11 is 0. The summed E-state index contributed by atoms with van der Waals surface area (Å²) in [4.78, 5) is 11.2. The molecule has 0 unspecified atom stereocenters. The fourth-order valence-corrected chi connectivity index (χ4v) is 1.96. The van der Waals surface area contributed by atoms with Crippen LogP contribution in [0.2, 0.25) is 0 Å². The summed E-state index contributed by atoms with van der Waals surface area (Å²) in [6.45, 7) is 0. The van der Waals surface area contributed by atoms with Crippen LogP contribution < -0.4 is 0 Å². The molecule has 0 heterocycles. The predicted molar refractivity (Wildman–Crippen MR) is 88.6 cm³/mol. The lowest BCUT2D eigenvalue weighted by Crippen LogP contribution is -2.17. The van der Waals surface area contributed by atoms with Crippen LogP contribution in [0.4, 0.5) is 8.78 Å². The average Bonchev–Trinajstić information content (AvgIpc) is 2.62. The Hall–Kier alpha value is -2.89. The normalized spacial score (nSPS) is 11.2. The highest BCUT2D eigenvalue weighted by Gasteiger charge is 2.18. The van der Waals surface area contributed by atoms with Gasteiger partial charge in [0.25, 0.3) is 6.43 Å². The van der Waals surface area contributed by atoms with E-state index in [4.69, 9.17) is 0 Å². The highest BCUT2D eigenvalue weighted by molar-refractivity contribution is 6.13. The number of benzene rings is 2. The predicted octanol–water partition coefficient (Wildman–Crippen LogP) is 3.71. The van der Waals surface area contributed by atoms with Crippen molar-refractivity contribution in [3.05, 3.63) is 71.8 Å². The molecular weight excluding hydrogens is 314 g/mol. The summed E-state index contributed by atoms with van der Waals surface area (Å²) in [6, 6.07) is 18.2. The molecule has 2 aromatic carbocycles. The lowest BCUT2D eigenvalue weighted by Gasteiger charge is -2.06. The van der Waals surface area contributed by atoms with Gasteiger partial charge >= 0.3 is 5.97 Å². The second-order valence-electron chi connectivity index (χ2n) is 4.83. The molecule has 0 aromatic heterocycles. The van der Waals surface area contributed by atoms with Crippen LogP contribution in [-0.4, -0.2) is 30.9 Å². The van der Waals surface area contributed by atoms with E-state index in [1.807, 2.05) is 60.7 Å². The Labute approximate surface area is 138 Å². The monoisotopic (exact) mass is 330 g/mol. The molecule has 0 aliphatic carbocycles. The minimum Gasteiger partial charge on any atom is -0.469 e. The molecule has 0 aliphatic rings. The highest BCUT2D eigenvalue weighted by Crippen LogP contribution is 2.12. The number of nitrogens with zero attached hydrogens (tertiary/aromatic N) is 2. The summed E-state index contributed by atoms with van der Waals surface area (Å²) in [6.07, 6.45) is -3.49. The number of esters is 1. The van der Waals surface area contributed by atoms with E-state index >= 15 is 0 Å². The van der Waals surface area contributed by atoms with Crippen LogP contribution in [0.15, 0.2) is 70.9 Å². The van der Waals surface area contributed by atoms with E-state index in [0.29, 0.717) is 5.71 Å². The number of halogens is 2. The van der Waals surface area contributed by atoms with E-state index in [1.165, 1.54) is 0 Å². The van der Waals surface area contributed by atoms with Gasteiger partial charge in [-0.1, -0.05) is 60.7 Å². The van der Waals surface area contributed by atoms with E-state index in [9.17, 15) is 13.6 Å². The Balaban J connectivity index is 2.44. The SMILES string of the molecule is COC(=O)C/C(=N/N=C(c1ccccc1)c1ccccc1)C(F)F. The van der Waals surface area contributed by atoms with Crippen molar-refractivity contribution in [2.24, 2.45) is 10.2 Å². The zero-order valence-electron chi connectivity index (χ0n) is 13.0. The van der Waals surface area contributed by atoms with Gasteiger partial charge in [-0.15, -0.1) is 5.10 Å². The molecule has 0 aliphatic heterocycles. The van der Waals surface area contributed by atoms with Crippen LogP contribution >= 0.6 is 0 Å². The Bertz CT molecular complexity index is 688. The van der Waals surface area contributed by atoms with Gasteiger partial charge in [0.15, 0.2) is 0 Å². The summed E-state index contributed by atoms with van der Waals surface area (Å²) in [5, 5.41) is 7.61. The first-order chi connectivity index (χ1) is 11.6. The van der Waals surface area contributed by atoms with Gasteiger partial charge in [0.05, 0.1) is 13.5 Å². The number of hydrogen-bond acceptors (Lipinski definition) is 4. The van der Waals surface area contributed by atoms with Crippen LogP contribution in [0.1, 0.15) is 17.5 Å². The third-order valence-electron chi connectivity index (χ3n) is 3.18. The molecule has 24 heavy (non-hydrogen) atoms. The number of carbonyl (C=O) groups is 1. The lowest BCUT2D eigenvalue weighted by atomic mass is 10.0. The number of ether oxygens (including phenoxy) is 1. The smallest absolute Gasteiger partial charge is 0.311 e.